The van der Waals surface area contributed by atoms with Crippen LogP contribution < -0.4 is 0 Å². The molecule has 0 bridgehead atoms. The highest BCUT2D eigenvalue weighted by molar-refractivity contribution is 4.95. The molecule has 1 saturated carbocycles. The first-order chi connectivity index (χ1) is 7.24. The standard InChI is InChI=1S/C11H17NO3/c12-6-5-10(9-13)1-3-11(4-2-10)14-7-8-15-11/h13H,1-5,7-9H2. The number of ether oxygens (including phenoxy) is 2. The van der Waals surface area contributed by atoms with Gasteiger partial charge in [0, 0.05) is 31.3 Å². The van der Waals surface area contributed by atoms with Crippen molar-refractivity contribution in [2.75, 3.05) is 19.8 Å². The van der Waals surface area contributed by atoms with Crippen molar-refractivity contribution in [2.45, 2.75) is 37.9 Å². The zero-order valence-electron chi connectivity index (χ0n) is 8.87. The summed E-state index contributed by atoms with van der Waals surface area (Å²) < 4.78 is 11.2. The quantitative estimate of drug-likeness (QED) is 0.745. The predicted molar refractivity (Wildman–Crippen MR) is 52.9 cm³/mol. The summed E-state index contributed by atoms with van der Waals surface area (Å²) in [5, 5.41) is 18.1. The van der Waals surface area contributed by atoms with Gasteiger partial charge in [-0.2, -0.15) is 5.26 Å². The molecule has 0 unspecified atom stereocenters. The summed E-state index contributed by atoms with van der Waals surface area (Å²) in [6.07, 6.45) is 3.66. The van der Waals surface area contributed by atoms with Crippen molar-refractivity contribution in [1.82, 2.24) is 0 Å². The summed E-state index contributed by atoms with van der Waals surface area (Å²) in [6, 6.07) is 2.17. The van der Waals surface area contributed by atoms with Crippen molar-refractivity contribution in [3.05, 3.63) is 0 Å². The molecule has 0 radical (unpaired) electrons. The third-order valence-corrected chi connectivity index (χ3v) is 3.68. The molecule has 84 valence electrons. The second-order valence-corrected chi connectivity index (χ2v) is 4.60. The number of aliphatic hydroxyl groups excluding tert-OH is 1. The monoisotopic (exact) mass is 211 g/mol. The maximum Gasteiger partial charge on any atom is 0.168 e. The van der Waals surface area contributed by atoms with Crippen LogP contribution in [0.5, 0.6) is 0 Å². The van der Waals surface area contributed by atoms with Gasteiger partial charge in [-0.05, 0) is 12.8 Å². The fraction of sp³-hybridized carbons (Fsp3) is 0.909. The number of hydrogen-bond donors (Lipinski definition) is 1. The molecule has 1 N–H and O–H groups in total. The van der Waals surface area contributed by atoms with Crippen molar-refractivity contribution in [3.8, 4) is 6.07 Å². The third-order valence-electron chi connectivity index (χ3n) is 3.68. The average molecular weight is 211 g/mol. The molecule has 0 aromatic rings. The summed E-state index contributed by atoms with van der Waals surface area (Å²) in [7, 11) is 0. The Morgan fingerprint density at radius 3 is 2.20 bits per heavy atom. The van der Waals surface area contributed by atoms with E-state index < -0.39 is 5.79 Å². The van der Waals surface area contributed by atoms with Gasteiger partial charge in [-0.3, -0.25) is 0 Å². The lowest BCUT2D eigenvalue weighted by atomic mass is 9.71. The molecule has 1 spiro atoms. The van der Waals surface area contributed by atoms with Crippen LogP contribution in [0, 0.1) is 16.7 Å². The molecule has 0 aromatic carbocycles. The van der Waals surface area contributed by atoms with E-state index in [0.29, 0.717) is 19.6 Å². The minimum atomic E-state index is -0.395. The van der Waals surface area contributed by atoms with Crippen molar-refractivity contribution >= 4 is 0 Å². The van der Waals surface area contributed by atoms with Crippen molar-refractivity contribution < 1.29 is 14.6 Å². The van der Waals surface area contributed by atoms with Gasteiger partial charge in [-0.1, -0.05) is 0 Å². The fourth-order valence-corrected chi connectivity index (χ4v) is 2.51. The van der Waals surface area contributed by atoms with Gasteiger partial charge in [-0.15, -0.1) is 0 Å². The Hall–Kier alpha value is -0.630. The molecule has 0 aromatic heterocycles. The molecule has 4 heteroatoms. The summed E-state index contributed by atoms with van der Waals surface area (Å²) in [5.74, 6) is -0.395. The lowest BCUT2D eigenvalue weighted by Gasteiger charge is -2.41. The van der Waals surface area contributed by atoms with Crippen LogP contribution >= 0.6 is 0 Å². The highest BCUT2D eigenvalue weighted by Crippen LogP contribution is 2.46. The molecule has 4 nitrogen and oxygen atoms in total. The molecule has 1 heterocycles. The van der Waals surface area contributed by atoms with Crippen LogP contribution in [0.4, 0.5) is 0 Å². The van der Waals surface area contributed by atoms with E-state index in [1.54, 1.807) is 0 Å². The van der Waals surface area contributed by atoms with Crippen LogP contribution in [0.2, 0.25) is 0 Å². The van der Waals surface area contributed by atoms with Crippen LogP contribution in [-0.4, -0.2) is 30.7 Å². The Kier molecular flexibility index (Phi) is 2.96. The highest BCUT2D eigenvalue weighted by Gasteiger charge is 2.45. The zero-order chi connectivity index (χ0) is 10.8. The zero-order valence-corrected chi connectivity index (χ0v) is 8.87. The molecule has 2 rings (SSSR count). The molecule has 1 saturated heterocycles. The van der Waals surface area contributed by atoms with Gasteiger partial charge in [0.2, 0.25) is 0 Å². The highest BCUT2D eigenvalue weighted by atomic mass is 16.7. The van der Waals surface area contributed by atoms with E-state index in [1.165, 1.54) is 0 Å². The predicted octanol–water partition coefficient (Wildman–Crippen LogP) is 1.20. The second kappa shape index (κ2) is 4.09. The smallest absolute Gasteiger partial charge is 0.168 e. The number of nitriles is 1. The average Bonchev–Trinajstić information content (AvgIpc) is 2.72. The Balaban J connectivity index is 1.98. The van der Waals surface area contributed by atoms with Gasteiger partial charge in [0.25, 0.3) is 0 Å². The Labute approximate surface area is 89.8 Å². The number of nitrogens with zero attached hydrogens (tertiary/aromatic N) is 1. The summed E-state index contributed by atoms with van der Waals surface area (Å²) in [6.45, 7) is 1.44. The van der Waals surface area contributed by atoms with Gasteiger partial charge in [0.05, 0.1) is 19.3 Å². The topological polar surface area (TPSA) is 62.5 Å². The molecular weight excluding hydrogens is 194 g/mol. The lowest BCUT2D eigenvalue weighted by Crippen LogP contribution is -2.41. The minimum Gasteiger partial charge on any atom is -0.396 e. The Morgan fingerprint density at radius 1 is 1.13 bits per heavy atom. The van der Waals surface area contributed by atoms with E-state index in [1.807, 2.05) is 0 Å². The van der Waals surface area contributed by atoms with E-state index in [-0.39, 0.29) is 12.0 Å². The molecule has 1 aliphatic carbocycles. The van der Waals surface area contributed by atoms with Crippen LogP contribution in [0.15, 0.2) is 0 Å². The van der Waals surface area contributed by atoms with E-state index in [9.17, 15) is 5.11 Å². The largest absolute Gasteiger partial charge is 0.396 e. The van der Waals surface area contributed by atoms with Crippen molar-refractivity contribution in [3.63, 3.8) is 0 Å². The van der Waals surface area contributed by atoms with Crippen LogP contribution in [0.1, 0.15) is 32.1 Å². The van der Waals surface area contributed by atoms with Crippen LogP contribution in [-0.2, 0) is 9.47 Å². The maximum absolute atomic E-state index is 9.37. The van der Waals surface area contributed by atoms with E-state index in [0.717, 1.165) is 25.7 Å². The molecule has 0 atom stereocenters. The van der Waals surface area contributed by atoms with E-state index >= 15 is 0 Å². The first-order valence-electron chi connectivity index (χ1n) is 5.50. The van der Waals surface area contributed by atoms with Gasteiger partial charge in [0.15, 0.2) is 5.79 Å². The van der Waals surface area contributed by atoms with E-state index in [2.05, 4.69) is 6.07 Å². The number of hydrogen-bond acceptors (Lipinski definition) is 4. The van der Waals surface area contributed by atoms with E-state index in [4.69, 9.17) is 14.7 Å². The van der Waals surface area contributed by atoms with Crippen LogP contribution in [0.3, 0.4) is 0 Å². The van der Waals surface area contributed by atoms with Gasteiger partial charge in [0.1, 0.15) is 0 Å². The van der Waals surface area contributed by atoms with Crippen molar-refractivity contribution in [1.29, 1.82) is 5.26 Å². The van der Waals surface area contributed by atoms with Gasteiger partial charge in [-0.25, -0.2) is 0 Å². The first kappa shape index (κ1) is 10.9. The second-order valence-electron chi connectivity index (χ2n) is 4.60. The lowest BCUT2D eigenvalue weighted by molar-refractivity contribution is -0.194. The Morgan fingerprint density at radius 2 is 1.73 bits per heavy atom. The SMILES string of the molecule is N#CCC1(CO)CCC2(CC1)OCCO2. The summed E-state index contributed by atoms with van der Waals surface area (Å²) >= 11 is 0. The summed E-state index contributed by atoms with van der Waals surface area (Å²) in [5.41, 5.74) is -0.213. The van der Waals surface area contributed by atoms with Crippen molar-refractivity contribution in [2.24, 2.45) is 5.41 Å². The Bertz CT molecular complexity index is 255. The number of aliphatic hydroxyl groups is 1. The van der Waals surface area contributed by atoms with Gasteiger partial charge < -0.3 is 14.6 Å². The normalized spacial score (nSPS) is 27.7. The third kappa shape index (κ3) is 2.00. The van der Waals surface area contributed by atoms with Gasteiger partial charge >= 0.3 is 0 Å². The molecular formula is C11H17NO3. The molecule has 15 heavy (non-hydrogen) atoms. The molecule has 1 aliphatic heterocycles. The molecule has 2 aliphatic rings. The fourth-order valence-electron chi connectivity index (χ4n) is 2.51. The maximum atomic E-state index is 9.37. The minimum absolute atomic E-state index is 0.0939. The number of rotatable bonds is 2. The summed E-state index contributed by atoms with van der Waals surface area (Å²) in [4.78, 5) is 0. The molecule has 2 fully saturated rings. The van der Waals surface area contributed by atoms with Crippen LogP contribution in [0.25, 0.3) is 0 Å². The molecule has 0 amide bonds. The first-order valence-corrected chi connectivity index (χ1v) is 5.50.